The van der Waals surface area contributed by atoms with Gasteiger partial charge in [0.1, 0.15) is 0 Å². The first-order chi connectivity index (χ1) is 8.92. The van der Waals surface area contributed by atoms with Crippen molar-refractivity contribution in [1.29, 1.82) is 0 Å². The van der Waals surface area contributed by atoms with Crippen LogP contribution in [0.5, 0.6) is 0 Å². The van der Waals surface area contributed by atoms with Gasteiger partial charge in [-0.25, -0.2) is 13.1 Å². The van der Waals surface area contributed by atoms with Gasteiger partial charge in [0.2, 0.25) is 10.0 Å². The number of sulfonamides is 1. The van der Waals surface area contributed by atoms with Crippen molar-refractivity contribution in [1.82, 2.24) is 4.72 Å². The standard InChI is InChI=1S/C12H21N3O3S/c1-4-18-8-7-15(3)12-9-10(5-6-11(12)13)19(16,17)14-2/h5-6,9,14H,4,7-8,13H2,1-3H3. The third-order valence-corrected chi connectivity index (χ3v) is 4.18. The number of hydrogen-bond acceptors (Lipinski definition) is 5. The SMILES string of the molecule is CCOCCN(C)c1cc(S(=O)(=O)NC)ccc1N. The Morgan fingerprint density at radius 3 is 2.68 bits per heavy atom. The molecule has 108 valence electrons. The Bertz CT molecular complexity index is 517. The molecule has 0 unspecified atom stereocenters. The zero-order valence-electron chi connectivity index (χ0n) is 11.5. The summed E-state index contributed by atoms with van der Waals surface area (Å²) in [6.07, 6.45) is 0. The fourth-order valence-corrected chi connectivity index (χ4v) is 2.36. The summed E-state index contributed by atoms with van der Waals surface area (Å²) >= 11 is 0. The summed E-state index contributed by atoms with van der Waals surface area (Å²) in [4.78, 5) is 2.07. The molecule has 3 N–H and O–H groups in total. The van der Waals surface area contributed by atoms with Crippen LogP contribution in [-0.4, -0.2) is 42.3 Å². The highest BCUT2D eigenvalue weighted by Crippen LogP contribution is 2.25. The number of nitrogen functional groups attached to an aromatic ring is 1. The molecule has 0 aromatic heterocycles. The number of benzene rings is 1. The summed E-state index contributed by atoms with van der Waals surface area (Å²) in [6.45, 7) is 3.78. The third-order valence-electron chi connectivity index (χ3n) is 2.77. The van der Waals surface area contributed by atoms with E-state index in [-0.39, 0.29) is 4.90 Å². The Labute approximate surface area is 114 Å². The molecule has 0 amide bonds. The minimum absolute atomic E-state index is 0.197. The van der Waals surface area contributed by atoms with Crippen molar-refractivity contribution < 1.29 is 13.2 Å². The Morgan fingerprint density at radius 1 is 1.42 bits per heavy atom. The van der Waals surface area contributed by atoms with E-state index in [2.05, 4.69) is 4.72 Å². The van der Waals surface area contributed by atoms with E-state index in [1.165, 1.54) is 13.1 Å². The molecular formula is C12H21N3O3S. The predicted octanol–water partition coefficient (Wildman–Crippen LogP) is 0.650. The minimum Gasteiger partial charge on any atom is -0.397 e. The first-order valence-electron chi connectivity index (χ1n) is 6.04. The van der Waals surface area contributed by atoms with Gasteiger partial charge in [0.15, 0.2) is 0 Å². The quantitative estimate of drug-likeness (QED) is 0.568. The summed E-state index contributed by atoms with van der Waals surface area (Å²) in [5.74, 6) is 0. The van der Waals surface area contributed by atoms with E-state index in [1.807, 2.05) is 18.9 Å². The lowest BCUT2D eigenvalue weighted by Crippen LogP contribution is -2.24. The van der Waals surface area contributed by atoms with Crippen molar-refractivity contribution in [3.05, 3.63) is 18.2 Å². The van der Waals surface area contributed by atoms with Crippen LogP contribution in [0.3, 0.4) is 0 Å². The number of nitrogens with two attached hydrogens (primary N) is 1. The first-order valence-corrected chi connectivity index (χ1v) is 7.52. The second-order valence-electron chi connectivity index (χ2n) is 4.05. The highest BCUT2D eigenvalue weighted by atomic mass is 32.2. The average Bonchev–Trinajstić information content (AvgIpc) is 2.39. The number of likely N-dealkylation sites (N-methyl/N-ethyl adjacent to an activating group) is 1. The summed E-state index contributed by atoms with van der Waals surface area (Å²) in [5, 5.41) is 0. The molecule has 6 nitrogen and oxygen atoms in total. The summed E-state index contributed by atoms with van der Waals surface area (Å²) in [6, 6.07) is 4.64. The van der Waals surface area contributed by atoms with Crippen LogP contribution >= 0.6 is 0 Å². The van der Waals surface area contributed by atoms with Crippen LogP contribution in [-0.2, 0) is 14.8 Å². The Balaban J connectivity index is 2.97. The smallest absolute Gasteiger partial charge is 0.240 e. The van der Waals surface area contributed by atoms with Crippen LogP contribution in [0.2, 0.25) is 0 Å². The van der Waals surface area contributed by atoms with Gasteiger partial charge in [0.05, 0.1) is 22.9 Å². The van der Waals surface area contributed by atoms with Crippen molar-refractivity contribution >= 4 is 21.4 Å². The predicted molar refractivity (Wildman–Crippen MR) is 76.9 cm³/mol. The Morgan fingerprint density at radius 2 is 2.11 bits per heavy atom. The average molecular weight is 287 g/mol. The second-order valence-corrected chi connectivity index (χ2v) is 5.93. The highest BCUT2D eigenvalue weighted by Gasteiger charge is 2.14. The van der Waals surface area contributed by atoms with Crippen LogP contribution in [0.25, 0.3) is 0 Å². The zero-order chi connectivity index (χ0) is 14.5. The molecule has 0 spiro atoms. The lowest BCUT2D eigenvalue weighted by molar-refractivity contribution is 0.154. The summed E-state index contributed by atoms with van der Waals surface area (Å²) in [7, 11) is -0.233. The van der Waals surface area contributed by atoms with Crippen LogP contribution in [0, 0.1) is 0 Å². The van der Waals surface area contributed by atoms with Gasteiger partial charge in [0, 0.05) is 20.2 Å². The Hall–Kier alpha value is -1.31. The molecule has 0 saturated heterocycles. The molecule has 0 atom stereocenters. The fraction of sp³-hybridized carbons (Fsp3) is 0.500. The molecule has 1 aromatic carbocycles. The number of anilines is 2. The Kier molecular flexibility index (Phi) is 5.59. The van der Waals surface area contributed by atoms with Crippen molar-refractivity contribution in [3.8, 4) is 0 Å². The lowest BCUT2D eigenvalue weighted by Gasteiger charge is -2.21. The van der Waals surface area contributed by atoms with Gasteiger partial charge in [-0.1, -0.05) is 0 Å². The van der Waals surface area contributed by atoms with E-state index in [0.717, 1.165) is 0 Å². The molecule has 1 aromatic rings. The molecule has 0 radical (unpaired) electrons. The van der Waals surface area contributed by atoms with Gasteiger partial charge in [-0.3, -0.25) is 0 Å². The molecular weight excluding hydrogens is 266 g/mol. The largest absolute Gasteiger partial charge is 0.397 e. The molecule has 0 aliphatic carbocycles. The van der Waals surface area contributed by atoms with Crippen LogP contribution < -0.4 is 15.4 Å². The third kappa shape index (κ3) is 4.09. The van der Waals surface area contributed by atoms with Gasteiger partial charge in [-0.05, 0) is 32.2 Å². The van der Waals surface area contributed by atoms with Crippen LogP contribution in [0.4, 0.5) is 11.4 Å². The van der Waals surface area contributed by atoms with Crippen LogP contribution in [0.1, 0.15) is 6.92 Å². The van der Waals surface area contributed by atoms with Gasteiger partial charge < -0.3 is 15.4 Å². The van der Waals surface area contributed by atoms with E-state index < -0.39 is 10.0 Å². The summed E-state index contributed by atoms with van der Waals surface area (Å²) in [5.41, 5.74) is 7.09. The molecule has 7 heteroatoms. The maximum Gasteiger partial charge on any atom is 0.240 e. The van der Waals surface area contributed by atoms with Crippen molar-refractivity contribution in [2.75, 3.05) is 44.5 Å². The lowest BCUT2D eigenvalue weighted by atomic mass is 10.2. The first kappa shape index (κ1) is 15.7. The number of nitrogens with zero attached hydrogens (tertiary/aromatic N) is 1. The van der Waals surface area contributed by atoms with Crippen molar-refractivity contribution in [3.63, 3.8) is 0 Å². The summed E-state index contributed by atoms with van der Waals surface area (Å²) < 4.78 is 31.1. The van der Waals surface area contributed by atoms with Crippen molar-refractivity contribution in [2.24, 2.45) is 0 Å². The zero-order valence-corrected chi connectivity index (χ0v) is 12.3. The van der Waals surface area contributed by atoms with Gasteiger partial charge in [-0.15, -0.1) is 0 Å². The number of ether oxygens (including phenoxy) is 1. The molecule has 0 saturated carbocycles. The fourth-order valence-electron chi connectivity index (χ4n) is 1.61. The molecule has 0 heterocycles. The van der Waals surface area contributed by atoms with Gasteiger partial charge >= 0.3 is 0 Å². The molecule has 0 aliphatic heterocycles. The maximum atomic E-state index is 11.8. The number of hydrogen-bond donors (Lipinski definition) is 2. The van der Waals surface area contributed by atoms with Crippen molar-refractivity contribution in [2.45, 2.75) is 11.8 Å². The van der Waals surface area contributed by atoms with E-state index in [1.54, 1.807) is 12.1 Å². The van der Waals surface area contributed by atoms with E-state index in [9.17, 15) is 8.42 Å². The second kappa shape index (κ2) is 6.74. The molecule has 0 aliphatic rings. The van der Waals surface area contributed by atoms with E-state index in [4.69, 9.17) is 10.5 Å². The monoisotopic (exact) mass is 287 g/mol. The van der Waals surface area contributed by atoms with Gasteiger partial charge in [0.25, 0.3) is 0 Å². The number of rotatable bonds is 7. The molecule has 0 fully saturated rings. The molecule has 1 rings (SSSR count). The normalized spacial score (nSPS) is 11.5. The maximum absolute atomic E-state index is 11.8. The topological polar surface area (TPSA) is 84.7 Å². The highest BCUT2D eigenvalue weighted by molar-refractivity contribution is 7.89. The molecule has 0 bridgehead atoms. The molecule has 19 heavy (non-hydrogen) atoms. The van der Waals surface area contributed by atoms with Crippen LogP contribution in [0.15, 0.2) is 23.1 Å². The van der Waals surface area contributed by atoms with Gasteiger partial charge in [-0.2, -0.15) is 0 Å². The number of nitrogens with one attached hydrogen (secondary N) is 1. The van der Waals surface area contributed by atoms with E-state index >= 15 is 0 Å². The minimum atomic E-state index is -3.46. The van der Waals surface area contributed by atoms with E-state index in [0.29, 0.717) is 31.1 Å².